The monoisotopic (exact) mass is 426 g/mol. The Morgan fingerprint density at radius 2 is 1.00 bits per heavy atom. The van der Waals surface area contributed by atoms with Crippen LogP contribution in [0.1, 0.15) is 41.5 Å². The predicted molar refractivity (Wildman–Crippen MR) is 94.0 cm³/mol. The molecule has 0 aliphatic rings. The maximum atomic E-state index is 14.2. The van der Waals surface area contributed by atoms with Crippen molar-refractivity contribution in [2.45, 2.75) is 58.2 Å². The van der Waals surface area contributed by atoms with Crippen LogP contribution < -0.4 is 17.6 Å². The van der Waals surface area contributed by atoms with Crippen LogP contribution in [0.15, 0.2) is 0 Å². The van der Waals surface area contributed by atoms with Crippen LogP contribution >= 0.6 is 0 Å². The minimum Gasteiger partial charge on any atom is -1.00 e. The second-order valence-corrected chi connectivity index (χ2v) is 12.3. The molecular weight excluding hydrogens is 403 g/mol. The summed E-state index contributed by atoms with van der Waals surface area (Å²) >= 11 is 0. The van der Waals surface area contributed by atoms with E-state index in [1.807, 2.05) is 41.5 Å². The molecule has 0 unspecified atom stereocenters. The molecule has 0 atom stereocenters. The third kappa shape index (κ3) is 6.64. The first-order chi connectivity index (χ1) is 10.8. The molecule has 0 fully saturated rings. The van der Waals surface area contributed by atoms with Crippen LogP contribution in [0, 0.1) is 29.3 Å². The first-order valence-electron chi connectivity index (χ1n) is 7.61. The van der Waals surface area contributed by atoms with Crippen LogP contribution in [0.4, 0.5) is 17.6 Å². The van der Waals surface area contributed by atoms with E-state index in [4.69, 9.17) is 15.1 Å². The van der Waals surface area contributed by atoms with Crippen molar-refractivity contribution < 1.29 is 45.0 Å². The average Bonchev–Trinajstić information content (AvgIpc) is 2.39. The average molecular weight is 427 g/mol. The summed E-state index contributed by atoms with van der Waals surface area (Å²) in [6.07, 6.45) is 0. The second kappa shape index (κ2) is 12.6. The van der Waals surface area contributed by atoms with Gasteiger partial charge < -0.3 is 27.5 Å². The van der Waals surface area contributed by atoms with Gasteiger partial charge in [0, 0.05) is 23.3 Å². The molecule has 0 bridgehead atoms. The van der Waals surface area contributed by atoms with E-state index in [0.29, 0.717) is 0 Å². The fourth-order valence-corrected chi connectivity index (χ4v) is 10.5. The molecule has 0 aromatic heterocycles. The SMILES string of the molecule is CC(C)[Si](c1c(F)c(F)[c-]c(F)c1F)(C(C)C)C(C)C.OB(O)O.[Cl-].[Mg+2]. The van der Waals surface area contributed by atoms with Gasteiger partial charge in [-0.25, -0.2) is 8.78 Å². The summed E-state index contributed by atoms with van der Waals surface area (Å²) in [5.74, 6) is -5.41. The molecule has 0 aliphatic carbocycles. The maximum Gasteiger partial charge on any atom is 2.00 e. The van der Waals surface area contributed by atoms with Gasteiger partial charge in [-0.3, -0.25) is 8.78 Å². The van der Waals surface area contributed by atoms with Gasteiger partial charge >= 0.3 is 30.4 Å². The molecule has 0 saturated heterocycles. The first-order valence-corrected chi connectivity index (χ1v) is 9.84. The van der Waals surface area contributed by atoms with Gasteiger partial charge in [-0.15, -0.1) is 6.07 Å². The summed E-state index contributed by atoms with van der Waals surface area (Å²) in [7, 11) is -4.97. The van der Waals surface area contributed by atoms with Crippen molar-refractivity contribution in [1.29, 1.82) is 0 Å². The van der Waals surface area contributed by atoms with E-state index < -0.39 is 38.7 Å². The minimum atomic E-state index is -2.81. The zero-order chi connectivity index (χ0) is 19.4. The number of hydrogen-bond donors (Lipinski definition) is 3. The Hall–Kier alpha value is 0.158. The Labute approximate surface area is 175 Å². The molecule has 146 valence electrons. The van der Waals surface area contributed by atoms with E-state index in [1.165, 1.54) is 6.07 Å². The van der Waals surface area contributed by atoms with Crippen LogP contribution in [0.3, 0.4) is 0 Å². The van der Waals surface area contributed by atoms with Gasteiger partial charge in [0.05, 0.1) is 8.07 Å². The second-order valence-electron chi connectivity index (χ2n) is 6.50. The van der Waals surface area contributed by atoms with E-state index in [0.717, 1.165) is 0 Å². The van der Waals surface area contributed by atoms with Gasteiger partial charge in [0.25, 0.3) is 0 Å². The summed E-state index contributed by atoms with van der Waals surface area (Å²) < 4.78 is 55.5. The Balaban J connectivity index is -0.000000798. The molecular formula is C15H24BClF4MgO3Si. The number of benzene rings is 1. The van der Waals surface area contributed by atoms with Crippen LogP contribution in [0.2, 0.25) is 16.6 Å². The third-order valence-electron chi connectivity index (χ3n) is 4.34. The normalized spacial score (nSPS) is 10.9. The topological polar surface area (TPSA) is 60.7 Å². The van der Waals surface area contributed by atoms with Crippen molar-refractivity contribution in [2.24, 2.45) is 0 Å². The van der Waals surface area contributed by atoms with Crippen LogP contribution in [-0.2, 0) is 0 Å². The number of rotatable bonds is 4. The van der Waals surface area contributed by atoms with Crippen molar-refractivity contribution in [2.75, 3.05) is 0 Å². The number of hydrogen-bond acceptors (Lipinski definition) is 3. The minimum absolute atomic E-state index is 0. The smallest absolute Gasteiger partial charge is 1.00 e. The van der Waals surface area contributed by atoms with Crippen molar-refractivity contribution in [3.63, 3.8) is 0 Å². The first kappa shape index (κ1) is 30.9. The summed E-state index contributed by atoms with van der Waals surface area (Å²) in [6.45, 7) is 11.2. The molecule has 0 heterocycles. The van der Waals surface area contributed by atoms with E-state index in [9.17, 15) is 17.6 Å². The number of halogens is 5. The molecule has 1 rings (SSSR count). The fraction of sp³-hybridized carbons (Fsp3) is 0.600. The van der Waals surface area contributed by atoms with Gasteiger partial charge in [0.15, 0.2) is 0 Å². The summed E-state index contributed by atoms with van der Waals surface area (Å²) in [6, 6.07) is 1.47. The van der Waals surface area contributed by atoms with Crippen molar-refractivity contribution in [1.82, 2.24) is 0 Å². The Bertz CT molecular complexity index is 515. The zero-order valence-electron chi connectivity index (χ0n) is 15.7. The van der Waals surface area contributed by atoms with Gasteiger partial charge in [0.1, 0.15) is 0 Å². The van der Waals surface area contributed by atoms with Crippen molar-refractivity contribution in [3.05, 3.63) is 29.3 Å². The van der Waals surface area contributed by atoms with Gasteiger partial charge in [-0.05, 0) is 16.6 Å². The Morgan fingerprint density at radius 3 is 1.19 bits per heavy atom. The molecule has 0 aliphatic heterocycles. The Kier molecular flexibility index (Phi) is 14.9. The largest absolute Gasteiger partial charge is 2.00 e. The molecule has 3 N–H and O–H groups in total. The molecule has 11 heteroatoms. The molecule has 0 amide bonds. The fourth-order valence-electron chi connectivity index (χ4n) is 3.77. The zero-order valence-corrected chi connectivity index (χ0v) is 18.9. The third-order valence-corrected chi connectivity index (χ3v) is 11.4. The van der Waals surface area contributed by atoms with Crippen molar-refractivity contribution in [3.8, 4) is 0 Å². The summed E-state index contributed by atoms with van der Waals surface area (Å²) in [4.78, 5) is 0. The van der Waals surface area contributed by atoms with Gasteiger partial charge in [-0.2, -0.15) is 0 Å². The van der Waals surface area contributed by atoms with Crippen LogP contribution in [-0.4, -0.2) is 53.5 Å². The molecule has 1 aromatic rings. The van der Waals surface area contributed by atoms with E-state index in [1.54, 1.807) is 0 Å². The quantitative estimate of drug-likeness (QED) is 0.263. The van der Waals surface area contributed by atoms with Crippen LogP contribution in [0.25, 0.3) is 0 Å². The van der Waals surface area contributed by atoms with Gasteiger partial charge in [0.2, 0.25) is 0 Å². The molecule has 26 heavy (non-hydrogen) atoms. The predicted octanol–water partition coefficient (Wildman–Crippen LogP) is -0.500. The van der Waals surface area contributed by atoms with Crippen molar-refractivity contribution >= 4 is 43.6 Å². The molecule has 0 radical (unpaired) electrons. The van der Waals surface area contributed by atoms with E-state index in [2.05, 4.69) is 0 Å². The molecule has 3 nitrogen and oxygen atoms in total. The van der Waals surface area contributed by atoms with E-state index >= 15 is 0 Å². The summed E-state index contributed by atoms with van der Waals surface area (Å²) in [5.41, 5.74) is -0.145. The Morgan fingerprint density at radius 1 is 0.769 bits per heavy atom. The standard InChI is InChI=1S/C15H21F4Si.BH3O3.ClH.Mg/c1-8(2)20(9(3)4,10(5)6)15-13(18)11(16)7-12(17)14(15)19;2-1(3)4;;/h8-10H,1-6H3;2-4H;1H;/q-1;;;+2/p-1. The molecule has 0 saturated carbocycles. The molecule has 1 aromatic carbocycles. The maximum absolute atomic E-state index is 14.2. The summed E-state index contributed by atoms with van der Waals surface area (Å²) in [5, 5.41) is 21.1. The van der Waals surface area contributed by atoms with Crippen LogP contribution in [0.5, 0.6) is 0 Å². The molecule has 0 spiro atoms. The van der Waals surface area contributed by atoms with Gasteiger partial charge in [-0.1, -0.05) is 46.7 Å². The van der Waals surface area contributed by atoms with E-state index in [-0.39, 0.29) is 57.3 Å².